The van der Waals surface area contributed by atoms with Gasteiger partial charge in [0.15, 0.2) is 0 Å². The van der Waals surface area contributed by atoms with E-state index >= 15 is 0 Å². The van der Waals surface area contributed by atoms with Crippen LogP contribution in [0.5, 0.6) is 0 Å². The number of thiophene rings is 1. The highest BCUT2D eigenvalue weighted by Gasteiger charge is 2.09. The molecule has 0 spiro atoms. The van der Waals surface area contributed by atoms with Crippen molar-refractivity contribution in [3.63, 3.8) is 0 Å². The summed E-state index contributed by atoms with van der Waals surface area (Å²) in [5.41, 5.74) is 0.755. The summed E-state index contributed by atoms with van der Waals surface area (Å²) in [6, 6.07) is 6.29. The van der Waals surface area contributed by atoms with Crippen LogP contribution >= 0.6 is 49.9 Å². The molecule has 0 aliphatic carbocycles. The van der Waals surface area contributed by atoms with Crippen molar-refractivity contribution in [3.05, 3.63) is 31.1 Å². The lowest BCUT2D eigenvalue weighted by Crippen LogP contribution is -1.77. The van der Waals surface area contributed by atoms with Crippen molar-refractivity contribution in [2.45, 2.75) is 0 Å². The van der Waals surface area contributed by atoms with E-state index < -0.39 is 0 Å². The van der Waals surface area contributed by atoms with Gasteiger partial charge in [-0.25, -0.2) is 0 Å². The standard InChI is InChI=1S/C9H3BrINS/c10-9-6(11)1-2-7-8(9)5(3-12)4-13-7/h1-2,4H. The smallest absolute Gasteiger partial charge is 0.101 e. The van der Waals surface area contributed by atoms with Gasteiger partial charge in [0.25, 0.3) is 0 Å². The van der Waals surface area contributed by atoms with Crippen LogP contribution in [0.1, 0.15) is 5.56 Å². The lowest BCUT2D eigenvalue weighted by atomic mass is 10.2. The molecule has 0 fully saturated rings. The highest BCUT2D eigenvalue weighted by atomic mass is 127. The van der Waals surface area contributed by atoms with Gasteiger partial charge in [-0.15, -0.1) is 11.3 Å². The predicted octanol–water partition coefficient (Wildman–Crippen LogP) is 4.14. The number of hydrogen-bond acceptors (Lipinski definition) is 2. The van der Waals surface area contributed by atoms with Crippen molar-refractivity contribution in [1.29, 1.82) is 5.26 Å². The number of benzene rings is 1. The molecular formula is C9H3BrINS. The van der Waals surface area contributed by atoms with Gasteiger partial charge in [-0.3, -0.25) is 0 Å². The molecule has 4 heteroatoms. The number of fused-ring (bicyclic) bond motifs is 1. The van der Waals surface area contributed by atoms with Gasteiger partial charge in [0.1, 0.15) is 6.07 Å². The minimum Gasteiger partial charge on any atom is -0.192 e. The van der Waals surface area contributed by atoms with Crippen LogP contribution in [0.2, 0.25) is 0 Å². The molecule has 1 aromatic heterocycles. The lowest BCUT2D eigenvalue weighted by molar-refractivity contribution is 1.51. The third-order valence-electron chi connectivity index (χ3n) is 1.75. The number of rotatable bonds is 0. The summed E-state index contributed by atoms with van der Waals surface area (Å²) in [6.45, 7) is 0. The molecular weight excluding hydrogens is 361 g/mol. The second kappa shape index (κ2) is 3.56. The Morgan fingerprint density at radius 1 is 1.46 bits per heavy atom. The quantitative estimate of drug-likeness (QED) is 0.645. The van der Waals surface area contributed by atoms with Crippen LogP contribution in [0.3, 0.4) is 0 Å². The molecule has 1 nitrogen and oxygen atoms in total. The average Bonchev–Trinajstić information content (AvgIpc) is 2.55. The van der Waals surface area contributed by atoms with Crippen LogP contribution in [-0.4, -0.2) is 0 Å². The Labute approximate surface area is 102 Å². The van der Waals surface area contributed by atoms with E-state index in [1.165, 1.54) is 0 Å². The summed E-state index contributed by atoms with van der Waals surface area (Å²) in [4.78, 5) is 0. The van der Waals surface area contributed by atoms with Gasteiger partial charge in [0.05, 0.1) is 5.56 Å². The Bertz CT molecular complexity index is 512. The number of nitriles is 1. The summed E-state index contributed by atoms with van der Waals surface area (Å²) in [5, 5.41) is 11.8. The first-order valence-corrected chi connectivity index (χ1v) is 6.24. The van der Waals surface area contributed by atoms with Crippen molar-refractivity contribution in [1.82, 2.24) is 0 Å². The molecule has 0 radical (unpaired) electrons. The number of hydrogen-bond donors (Lipinski definition) is 0. The molecule has 1 aromatic carbocycles. The average molecular weight is 364 g/mol. The third-order valence-corrected chi connectivity index (χ3v) is 5.16. The van der Waals surface area contributed by atoms with Gasteiger partial charge < -0.3 is 0 Å². The Morgan fingerprint density at radius 3 is 2.92 bits per heavy atom. The van der Waals surface area contributed by atoms with Gasteiger partial charge in [-0.1, -0.05) is 0 Å². The highest BCUT2D eigenvalue weighted by Crippen LogP contribution is 2.34. The maximum absolute atomic E-state index is 8.87. The highest BCUT2D eigenvalue weighted by molar-refractivity contribution is 14.1. The Hall–Kier alpha value is -0.120. The van der Waals surface area contributed by atoms with Gasteiger partial charge in [0.2, 0.25) is 0 Å². The molecule has 13 heavy (non-hydrogen) atoms. The summed E-state index contributed by atoms with van der Waals surface area (Å²) < 4.78 is 3.33. The first kappa shape index (κ1) is 9.44. The van der Waals surface area contributed by atoms with Crippen LogP contribution in [-0.2, 0) is 0 Å². The maximum Gasteiger partial charge on any atom is 0.101 e. The van der Waals surface area contributed by atoms with Gasteiger partial charge in [-0.2, -0.15) is 5.26 Å². The van der Waals surface area contributed by atoms with Crippen molar-refractivity contribution in [2.75, 3.05) is 0 Å². The van der Waals surface area contributed by atoms with Crippen molar-refractivity contribution < 1.29 is 0 Å². The third kappa shape index (κ3) is 1.49. The summed E-state index contributed by atoms with van der Waals surface area (Å²) in [6.07, 6.45) is 0. The maximum atomic E-state index is 8.87. The minimum atomic E-state index is 0.755. The number of nitrogens with zero attached hydrogens (tertiary/aromatic N) is 1. The zero-order valence-electron chi connectivity index (χ0n) is 6.34. The summed E-state index contributed by atoms with van der Waals surface area (Å²) in [7, 11) is 0. The van der Waals surface area contributed by atoms with E-state index in [1.807, 2.05) is 17.5 Å². The SMILES string of the molecule is N#Cc1csc2ccc(I)c(Br)c12. The molecule has 0 amide bonds. The predicted molar refractivity (Wildman–Crippen MR) is 67.0 cm³/mol. The largest absolute Gasteiger partial charge is 0.192 e. The Kier molecular flexibility index (Phi) is 2.58. The van der Waals surface area contributed by atoms with Gasteiger partial charge in [0, 0.05) is 23.5 Å². The van der Waals surface area contributed by atoms with Crippen LogP contribution in [0.15, 0.2) is 22.0 Å². The topological polar surface area (TPSA) is 23.8 Å². The fraction of sp³-hybridized carbons (Fsp3) is 0. The van der Waals surface area contributed by atoms with E-state index in [2.05, 4.69) is 44.6 Å². The van der Waals surface area contributed by atoms with E-state index in [0.29, 0.717) is 0 Å². The molecule has 0 aliphatic rings. The van der Waals surface area contributed by atoms with E-state index in [0.717, 1.165) is 23.7 Å². The molecule has 0 atom stereocenters. The van der Waals surface area contributed by atoms with E-state index in [1.54, 1.807) is 11.3 Å². The first-order chi connectivity index (χ1) is 6.24. The van der Waals surface area contributed by atoms with Crippen molar-refractivity contribution in [3.8, 4) is 6.07 Å². The van der Waals surface area contributed by atoms with Gasteiger partial charge in [-0.05, 0) is 50.7 Å². The zero-order chi connectivity index (χ0) is 9.42. The van der Waals surface area contributed by atoms with E-state index in [9.17, 15) is 0 Å². The normalized spacial score (nSPS) is 10.2. The molecule has 2 rings (SSSR count). The molecule has 0 N–H and O–H groups in total. The molecule has 1 heterocycles. The molecule has 0 saturated carbocycles. The molecule has 2 aromatic rings. The zero-order valence-corrected chi connectivity index (χ0v) is 10.9. The van der Waals surface area contributed by atoms with E-state index in [-0.39, 0.29) is 0 Å². The fourth-order valence-electron chi connectivity index (χ4n) is 1.15. The molecule has 64 valence electrons. The lowest BCUT2D eigenvalue weighted by Gasteiger charge is -1.97. The van der Waals surface area contributed by atoms with Crippen molar-refractivity contribution >= 4 is 59.9 Å². The van der Waals surface area contributed by atoms with Crippen LogP contribution < -0.4 is 0 Å². The molecule has 0 unspecified atom stereocenters. The van der Waals surface area contributed by atoms with Crippen LogP contribution in [0.4, 0.5) is 0 Å². The monoisotopic (exact) mass is 363 g/mol. The summed E-state index contributed by atoms with van der Waals surface area (Å²) >= 11 is 7.36. The minimum absolute atomic E-state index is 0.755. The van der Waals surface area contributed by atoms with Crippen molar-refractivity contribution in [2.24, 2.45) is 0 Å². The Morgan fingerprint density at radius 2 is 2.23 bits per heavy atom. The molecule has 0 bridgehead atoms. The van der Waals surface area contributed by atoms with Crippen LogP contribution in [0.25, 0.3) is 10.1 Å². The van der Waals surface area contributed by atoms with Crippen LogP contribution in [0, 0.1) is 14.9 Å². The summed E-state index contributed by atoms with van der Waals surface area (Å²) in [5.74, 6) is 0. The second-order valence-electron chi connectivity index (χ2n) is 2.50. The molecule has 0 aliphatic heterocycles. The van der Waals surface area contributed by atoms with E-state index in [4.69, 9.17) is 5.26 Å². The molecule has 0 saturated heterocycles. The Balaban J connectivity index is 2.95. The second-order valence-corrected chi connectivity index (χ2v) is 5.36. The van der Waals surface area contributed by atoms with Gasteiger partial charge >= 0.3 is 0 Å². The number of halogens is 2. The first-order valence-electron chi connectivity index (χ1n) is 3.49. The fourth-order valence-corrected chi connectivity index (χ4v) is 3.18.